The molecule has 5 rings (SSSR count). The van der Waals surface area contributed by atoms with Gasteiger partial charge in [0.1, 0.15) is 5.75 Å². The average Bonchev–Trinajstić information content (AvgIpc) is 2.93. The van der Waals surface area contributed by atoms with E-state index in [1.165, 1.54) is 11.6 Å². The van der Waals surface area contributed by atoms with Gasteiger partial charge in [-0.2, -0.15) is 0 Å². The highest BCUT2D eigenvalue weighted by atomic mass is 32.2. The summed E-state index contributed by atoms with van der Waals surface area (Å²) in [5.74, 6) is 0.0572. The van der Waals surface area contributed by atoms with Crippen LogP contribution in [-0.4, -0.2) is 10.8 Å². The Kier molecular flexibility index (Phi) is 4.45. The van der Waals surface area contributed by atoms with Gasteiger partial charge in [0.2, 0.25) is 0 Å². The number of rotatable bonds is 2. The Labute approximate surface area is 171 Å². The van der Waals surface area contributed by atoms with E-state index in [2.05, 4.69) is 18.2 Å². The van der Waals surface area contributed by atoms with Crippen molar-refractivity contribution in [2.75, 3.05) is 0 Å². The third-order valence-electron chi connectivity index (χ3n) is 5.00. The molecule has 1 aromatic heterocycles. The maximum Gasteiger partial charge on any atom is 0.336 e. The zero-order valence-electron chi connectivity index (χ0n) is 15.4. The van der Waals surface area contributed by atoms with Gasteiger partial charge in [0.05, 0.1) is 17.0 Å². The van der Waals surface area contributed by atoms with Crippen molar-refractivity contribution in [3.63, 3.8) is 0 Å². The van der Waals surface area contributed by atoms with Crippen molar-refractivity contribution in [1.82, 2.24) is 0 Å². The molecule has 0 spiro atoms. The van der Waals surface area contributed by atoms with Gasteiger partial charge >= 0.3 is 5.63 Å². The largest absolute Gasteiger partial charge is 0.507 e. The molecule has 1 N–H and O–H groups in total. The van der Waals surface area contributed by atoms with Crippen molar-refractivity contribution in [2.24, 2.45) is 4.99 Å². The highest BCUT2D eigenvalue weighted by Crippen LogP contribution is 2.46. The zero-order valence-corrected chi connectivity index (χ0v) is 16.2. The van der Waals surface area contributed by atoms with E-state index in [9.17, 15) is 9.90 Å². The van der Waals surface area contributed by atoms with Gasteiger partial charge in [-0.1, -0.05) is 42.5 Å². The van der Waals surface area contributed by atoms with Crippen LogP contribution < -0.4 is 5.63 Å². The second kappa shape index (κ2) is 7.26. The van der Waals surface area contributed by atoms with E-state index >= 15 is 0 Å². The highest BCUT2D eigenvalue weighted by Gasteiger charge is 2.25. The molecule has 0 unspecified atom stereocenters. The lowest BCUT2D eigenvalue weighted by Crippen LogP contribution is -2.08. The fourth-order valence-corrected chi connectivity index (χ4v) is 4.86. The number of hydrogen-bond acceptors (Lipinski definition) is 5. The van der Waals surface area contributed by atoms with E-state index in [0.29, 0.717) is 23.3 Å². The second-order valence-electron chi connectivity index (χ2n) is 6.88. The summed E-state index contributed by atoms with van der Waals surface area (Å²) in [7, 11) is 0. The fraction of sp³-hybridized carbons (Fsp3) is 0.0833. The number of aromatic hydroxyl groups is 1. The van der Waals surface area contributed by atoms with E-state index in [1.54, 1.807) is 30.0 Å². The van der Waals surface area contributed by atoms with Crippen LogP contribution in [0.3, 0.4) is 0 Å². The first kappa shape index (κ1) is 17.8. The lowest BCUT2D eigenvalue weighted by molar-refractivity contribution is 0.471. The number of para-hydroxylation sites is 1. The molecule has 1 atom stereocenters. The number of benzene rings is 3. The maximum atomic E-state index is 11.9. The van der Waals surface area contributed by atoms with Crippen LogP contribution in [0.2, 0.25) is 0 Å². The molecular formula is C24H17NO3S. The molecule has 0 radical (unpaired) electrons. The van der Waals surface area contributed by atoms with Gasteiger partial charge in [0.15, 0.2) is 5.58 Å². The van der Waals surface area contributed by atoms with Crippen LogP contribution in [0.4, 0.5) is 5.69 Å². The highest BCUT2D eigenvalue weighted by molar-refractivity contribution is 7.99. The van der Waals surface area contributed by atoms with E-state index in [4.69, 9.17) is 9.41 Å². The number of phenols is 1. The predicted molar refractivity (Wildman–Crippen MR) is 116 cm³/mol. The molecule has 0 saturated heterocycles. The van der Waals surface area contributed by atoms with Crippen LogP contribution in [0.5, 0.6) is 5.75 Å². The van der Waals surface area contributed by atoms with Crippen LogP contribution in [0.25, 0.3) is 11.0 Å². The molecule has 4 nitrogen and oxygen atoms in total. The molecule has 1 aliphatic rings. The van der Waals surface area contributed by atoms with Crippen LogP contribution in [0.15, 0.2) is 98.0 Å². The fourth-order valence-electron chi connectivity index (χ4n) is 3.62. The summed E-state index contributed by atoms with van der Waals surface area (Å²) in [5.41, 5.74) is 3.14. The molecule has 0 amide bonds. The van der Waals surface area contributed by atoms with E-state index in [0.717, 1.165) is 16.0 Å². The molecule has 1 aliphatic heterocycles. The average molecular weight is 399 g/mol. The third-order valence-corrected chi connectivity index (χ3v) is 6.32. The van der Waals surface area contributed by atoms with Crippen LogP contribution >= 0.6 is 11.8 Å². The van der Waals surface area contributed by atoms with Crippen molar-refractivity contribution >= 4 is 34.1 Å². The van der Waals surface area contributed by atoms with Gasteiger partial charge in [-0.15, -0.1) is 11.8 Å². The van der Waals surface area contributed by atoms with Gasteiger partial charge in [-0.25, -0.2) is 4.79 Å². The maximum absolute atomic E-state index is 11.9. The normalized spacial score (nSPS) is 16.1. The summed E-state index contributed by atoms with van der Waals surface area (Å²) in [6.45, 7) is 0. The summed E-state index contributed by atoms with van der Waals surface area (Å²) in [6, 6.07) is 24.7. The summed E-state index contributed by atoms with van der Waals surface area (Å²) in [4.78, 5) is 17.9. The number of aliphatic imine (C=N–C) groups is 1. The van der Waals surface area contributed by atoms with Gasteiger partial charge in [-0.05, 0) is 35.9 Å². The minimum Gasteiger partial charge on any atom is -0.507 e. The Morgan fingerprint density at radius 3 is 2.55 bits per heavy atom. The Bertz CT molecular complexity index is 1290. The summed E-state index contributed by atoms with van der Waals surface area (Å²) in [6.07, 6.45) is 0.592. The molecule has 142 valence electrons. The predicted octanol–water partition coefficient (Wildman–Crippen LogP) is 5.86. The summed E-state index contributed by atoms with van der Waals surface area (Å²) >= 11 is 1.76. The van der Waals surface area contributed by atoms with Crippen LogP contribution in [-0.2, 0) is 0 Å². The monoisotopic (exact) mass is 399 g/mol. The Morgan fingerprint density at radius 1 is 0.931 bits per heavy atom. The van der Waals surface area contributed by atoms with Crippen molar-refractivity contribution in [3.05, 3.63) is 100 Å². The van der Waals surface area contributed by atoms with Crippen molar-refractivity contribution in [2.45, 2.75) is 16.6 Å². The van der Waals surface area contributed by atoms with Gasteiger partial charge in [0.25, 0.3) is 0 Å². The third kappa shape index (κ3) is 3.34. The first-order chi connectivity index (χ1) is 14.2. The van der Waals surface area contributed by atoms with Crippen LogP contribution in [0, 0.1) is 0 Å². The number of hydrogen-bond donors (Lipinski definition) is 1. The smallest absolute Gasteiger partial charge is 0.336 e. The Morgan fingerprint density at radius 2 is 1.69 bits per heavy atom. The Balaban J connectivity index is 1.74. The minimum atomic E-state index is -0.451. The quantitative estimate of drug-likeness (QED) is 0.429. The molecular weight excluding hydrogens is 382 g/mol. The topological polar surface area (TPSA) is 62.8 Å². The second-order valence-corrected chi connectivity index (χ2v) is 8.12. The Hall–Kier alpha value is -3.31. The molecule has 0 aliphatic carbocycles. The first-order valence-corrected chi connectivity index (χ1v) is 10.2. The molecule has 3 aromatic carbocycles. The number of nitrogens with zero attached hydrogens (tertiary/aromatic N) is 1. The SMILES string of the molecule is O=c1ccc2ccc(O)c(C3=Nc4ccccc4S[C@H](c4ccccc4)C3)c2o1. The number of phenolic OH excluding ortho intramolecular Hbond substituents is 1. The molecule has 4 aromatic rings. The van der Waals surface area contributed by atoms with E-state index in [-0.39, 0.29) is 11.0 Å². The van der Waals surface area contributed by atoms with Crippen molar-refractivity contribution < 1.29 is 9.52 Å². The van der Waals surface area contributed by atoms with Crippen molar-refractivity contribution in [3.8, 4) is 5.75 Å². The van der Waals surface area contributed by atoms with Gasteiger partial charge in [-0.3, -0.25) is 4.99 Å². The van der Waals surface area contributed by atoms with Crippen molar-refractivity contribution in [1.29, 1.82) is 0 Å². The molecule has 0 fully saturated rings. The summed E-state index contributed by atoms with van der Waals surface area (Å²) < 4.78 is 5.49. The lowest BCUT2D eigenvalue weighted by Gasteiger charge is -2.17. The van der Waals surface area contributed by atoms with Gasteiger partial charge < -0.3 is 9.52 Å². The van der Waals surface area contributed by atoms with E-state index in [1.807, 2.05) is 36.4 Å². The van der Waals surface area contributed by atoms with Crippen LogP contribution in [0.1, 0.15) is 22.8 Å². The summed E-state index contributed by atoms with van der Waals surface area (Å²) in [5, 5.41) is 11.6. The zero-order chi connectivity index (χ0) is 19.8. The molecule has 5 heteroatoms. The lowest BCUT2D eigenvalue weighted by atomic mass is 9.98. The molecule has 2 heterocycles. The first-order valence-electron chi connectivity index (χ1n) is 9.33. The molecule has 0 saturated carbocycles. The minimum absolute atomic E-state index is 0.0572. The number of thioether (sulfide) groups is 1. The molecule has 29 heavy (non-hydrogen) atoms. The number of fused-ring (bicyclic) bond motifs is 2. The standard InChI is InChI=1S/C24H17NO3S/c26-19-12-10-16-11-13-22(27)28-24(16)23(19)18-14-21(15-6-2-1-3-7-15)29-20-9-5-4-8-17(20)25-18/h1-13,21,26H,14H2/t21-/m0/s1. The van der Waals surface area contributed by atoms with Gasteiger partial charge in [0, 0.05) is 28.0 Å². The molecule has 0 bridgehead atoms. The van der Waals surface area contributed by atoms with E-state index < -0.39 is 5.63 Å².